The number of hydrogen-bond acceptors (Lipinski definition) is 4. The van der Waals surface area contributed by atoms with E-state index in [0.717, 1.165) is 31.6 Å². The normalized spacial score (nSPS) is 26.7. The molecular formula is C17H23NO4. The molecule has 1 amide bonds. The van der Waals surface area contributed by atoms with Gasteiger partial charge in [-0.25, -0.2) is 0 Å². The number of benzene rings is 1. The minimum atomic E-state index is 0.104. The molecule has 2 fully saturated rings. The van der Waals surface area contributed by atoms with Crippen LogP contribution in [0.15, 0.2) is 24.3 Å². The van der Waals surface area contributed by atoms with Crippen molar-refractivity contribution < 1.29 is 19.0 Å². The van der Waals surface area contributed by atoms with Crippen LogP contribution in [0, 0.1) is 5.92 Å². The molecule has 120 valence electrons. The molecule has 1 aliphatic heterocycles. The summed E-state index contributed by atoms with van der Waals surface area (Å²) in [6.07, 6.45) is 3.29. The van der Waals surface area contributed by atoms with E-state index in [9.17, 15) is 4.79 Å². The lowest BCUT2D eigenvalue weighted by Crippen LogP contribution is -2.33. The van der Waals surface area contributed by atoms with E-state index in [2.05, 4.69) is 5.32 Å². The van der Waals surface area contributed by atoms with Crippen molar-refractivity contribution in [1.29, 1.82) is 0 Å². The molecule has 5 heteroatoms. The fourth-order valence-corrected chi connectivity index (χ4v) is 2.94. The third-order valence-corrected chi connectivity index (χ3v) is 4.31. The average Bonchev–Trinajstić information content (AvgIpc) is 3.18. The fourth-order valence-electron chi connectivity index (χ4n) is 2.94. The van der Waals surface area contributed by atoms with Gasteiger partial charge in [0.15, 0.2) is 6.79 Å². The Morgan fingerprint density at radius 1 is 1.36 bits per heavy atom. The topological polar surface area (TPSA) is 56.8 Å². The minimum absolute atomic E-state index is 0.104. The molecule has 0 spiro atoms. The first-order valence-electron chi connectivity index (χ1n) is 7.89. The van der Waals surface area contributed by atoms with E-state index in [1.165, 1.54) is 5.56 Å². The summed E-state index contributed by atoms with van der Waals surface area (Å²) in [4.78, 5) is 12.1. The lowest BCUT2D eigenvalue weighted by atomic mass is 10.1. The Bertz CT molecular complexity index is 496. The summed E-state index contributed by atoms with van der Waals surface area (Å²) in [6.45, 7) is 1.72. The van der Waals surface area contributed by atoms with E-state index in [-0.39, 0.29) is 24.7 Å². The Morgan fingerprint density at radius 3 is 2.86 bits per heavy atom. The van der Waals surface area contributed by atoms with Crippen molar-refractivity contribution in [3.8, 4) is 5.75 Å². The van der Waals surface area contributed by atoms with Crippen LogP contribution in [0.1, 0.15) is 30.7 Å². The SMILES string of the molecule is COCOc1ccc(C2CC2C(=O)NCC2CCCO2)cc1. The Kier molecular flexibility index (Phi) is 4.95. The van der Waals surface area contributed by atoms with Crippen LogP contribution >= 0.6 is 0 Å². The lowest BCUT2D eigenvalue weighted by Gasteiger charge is -2.10. The van der Waals surface area contributed by atoms with Gasteiger partial charge in [-0.3, -0.25) is 4.79 Å². The molecule has 1 aliphatic carbocycles. The number of methoxy groups -OCH3 is 1. The predicted octanol–water partition coefficient (Wildman–Crippen LogP) is 2.07. The quantitative estimate of drug-likeness (QED) is 0.784. The van der Waals surface area contributed by atoms with Crippen LogP contribution in [-0.2, 0) is 14.3 Å². The van der Waals surface area contributed by atoms with E-state index in [1.54, 1.807) is 7.11 Å². The van der Waals surface area contributed by atoms with Crippen molar-refractivity contribution in [2.45, 2.75) is 31.3 Å². The molecule has 3 rings (SSSR count). The van der Waals surface area contributed by atoms with Gasteiger partial charge in [0.2, 0.25) is 5.91 Å². The number of carbonyl (C=O) groups excluding carboxylic acids is 1. The van der Waals surface area contributed by atoms with Crippen molar-refractivity contribution in [1.82, 2.24) is 5.32 Å². The maximum Gasteiger partial charge on any atom is 0.223 e. The summed E-state index contributed by atoms with van der Waals surface area (Å²) in [5.41, 5.74) is 1.20. The second kappa shape index (κ2) is 7.11. The van der Waals surface area contributed by atoms with Gasteiger partial charge in [-0.2, -0.15) is 0 Å². The van der Waals surface area contributed by atoms with Crippen molar-refractivity contribution in [2.75, 3.05) is 27.1 Å². The van der Waals surface area contributed by atoms with Crippen LogP contribution in [0.5, 0.6) is 5.75 Å². The zero-order chi connectivity index (χ0) is 15.4. The second-order valence-corrected chi connectivity index (χ2v) is 5.95. The maximum absolute atomic E-state index is 12.1. The van der Waals surface area contributed by atoms with E-state index >= 15 is 0 Å². The number of rotatable bonds is 7. The van der Waals surface area contributed by atoms with Gasteiger partial charge in [-0.1, -0.05) is 12.1 Å². The molecular weight excluding hydrogens is 282 g/mol. The van der Waals surface area contributed by atoms with Crippen LogP contribution in [0.4, 0.5) is 0 Å². The highest BCUT2D eigenvalue weighted by Crippen LogP contribution is 2.47. The number of ether oxygens (including phenoxy) is 3. The third-order valence-electron chi connectivity index (χ3n) is 4.31. The van der Waals surface area contributed by atoms with Gasteiger partial charge in [-0.15, -0.1) is 0 Å². The highest BCUT2D eigenvalue weighted by atomic mass is 16.7. The highest BCUT2D eigenvalue weighted by molar-refractivity contribution is 5.82. The highest BCUT2D eigenvalue weighted by Gasteiger charge is 2.43. The molecule has 5 nitrogen and oxygen atoms in total. The van der Waals surface area contributed by atoms with Gasteiger partial charge < -0.3 is 19.5 Å². The lowest BCUT2D eigenvalue weighted by molar-refractivity contribution is -0.122. The number of amides is 1. The minimum Gasteiger partial charge on any atom is -0.468 e. The maximum atomic E-state index is 12.1. The summed E-state index contributed by atoms with van der Waals surface area (Å²) in [6, 6.07) is 7.91. The number of nitrogens with one attached hydrogen (secondary N) is 1. The van der Waals surface area contributed by atoms with Gasteiger partial charge in [-0.05, 0) is 42.9 Å². The second-order valence-electron chi connectivity index (χ2n) is 5.95. The predicted molar refractivity (Wildman–Crippen MR) is 81.8 cm³/mol. The Balaban J connectivity index is 1.45. The molecule has 0 aromatic heterocycles. The van der Waals surface area contributed by atoms with Gasteiger partial charge >= 0.3 is 0 Å². The van der Waals surface area contributed by atoms with Crippen LogP contribution in [0.3, 0.4) is 0 Å². The molecule has 2 aliphatic rings. The average molecular weight is 305 g/mol. The molecule has 3 atom stereocenters. The zero-order valence-electron chi connectivity index (χ0n) is 12.9. The van der Waals surface area contributed by atoms with Gasteiger partial charge in [0, 0.05) is 26.2 Å². The smallest absolute Gasteiger partial charge is 0.223 e. The van der Waals surface area contributed by atoms with Gasteiger partial charge in [0.25, 0.3) is 0 Å². The molecule has 1 saturated heterocycles. The molecule has 1 saturated carbocycles. The molecule has 1 heterocycles. The molecule has 3 unspecified atom stereocenters. The molecule has 1 aromatic rings. The summed E-state index contributed by atoms with van der Waals surface area (Å²) in [5, 5.41) is 3.02. The van der Waals surface area contributed by atoms with Gasteiger partial charge in [0.05, 0.1) is 6.10 Å². The van der Waals surface area contributed by atoms with Crippen LogP contribution < -0.4 is 10.1 Å². The van der Waals surface area contributed by atoms with Crippen molar-refractivity contribution in [3.05, 3.63) is 29.8 Å². The van der Waals surface area contributed by atoms with Crippen molar-refractivity contribution in [2.24, 2.45) is 5.92 Å². The third kappa shape index (κ3) is 3.78. The monoisotopic (exact) mass is 305 g/mol. The first-order chi connectivity index (χ1) is 10.8. The van der Waals surface area contributed by atoms with Crippen LogP contribution in [-0.4, -0.2) is 39.1 Å². The van der Waals surface area contributed by atoms with E-state index in [0.29, 0.717) is 12.5 Å². The molecule has 0 bridgehead atoms. The summed E-state index contributed by atoms with van der Waals surface area (Å²) in [7, 11) is 1.60. The van der Waals surface area contributed by atoms with E-state index < -0.39 is 0 Å². The van der Waals surface area contributed by atoms with Crippen LogP contribution in [0.25, 0.3) is 0 Å². The van der Waals surface area contributed by atoms with Crippen molar-refractivity contribution >= 4 is 5.91 Å². The number of hydrogen-bond donors (Lipinski definition) is 1. The van der Waals surface area contributed by atoms with E-state index in [1.807, 2.05) is 24.3 Å². The standard InChI is InChI=1S/C17H23NO4/c1-20-11-22-13-6-4-12(5-7-13)15-9-16(15)17(19)18-10-14-3-2-8-21-14/h4-7,14-16H,2-3,8-11H2,1H3,(H,18,19). The first kappa shape index (κ1) is 15.3. The summed E-state index contributed by atoms with van der Waals surface area (Å²) < 4.78 is 15.8. The Hall–Kier alpha value is -1.59. The van der Waals surface area contributed by atoms with E-state index in [4.69, 9.17) is 14.2 Å². The number of carbonyl (C=O) groups is 1. The molecule has 0 radical (unpaired) electrons. The Labute approximate surface area is 130 Å². The largest absolute Gasteiger partial charge is 0.468 e. The van der Waals surface area contributed by atoms with Crippen LogP contribution in [0.2, 0.25) is 0 Å². The summed E-state index contributed by atoms with van der Waals surface area (Å²) >= 11 is 0. The summed E-state index contributed by atoms with van der Waals surface area (Å²) in [5.74, 6) is 1.37. The Morgan fingerprint density at radius 2 is 2.18 bits per heavy atom. The van der Waals surface area contributed by atoms with Crippen molar-refractivity contribution in [3.63, 3.8) is 0 Å². The zero-order valence-corrected chi connectivity index (χ0v) is 12.9. The molecule has 1 N–H and O–H groups in total. The first-order valence-corrected chi connectivity index (χ1v) is 7.89. The fraction of sp³-hybridized carbons (Fsp3) is 0.588. The molecule has 22 heavy (non-hydrogen) atoms. The van der Waals surface area contributed by atoms with Gasteiger partial charge in [0.1, 0.15) is 5.75 Å². The molecule has 1 aromatic carbocycles.